The zero-order chi connectivity index (χ0) is 11.4. The summed E-state index contributed by atoms with van der Waals surface area (Å²) in [5, 5.41) is 8.32. The lowest BCUT2D eigenvalue weighted by atomic mass is 9.82. The van der Waals surface area contributed by atoms with Crippen LogP contribution in [0.4, 0.5) is 0 Å². The van der Waals surface area contributed by atoms with Gasteiger partial charge in [0.1, 0.15) is 0 Å². The Bertz CT molecular complexity index is 333. The van der Waals surface area contributed by atoms with Crippen LogP contribution < -0.4 is 5.73 Å². The molecule has 5 heteroatoms. The van der Waals surface area contributed by atoms with Gasteiger partial charge >= 0.3 is 0 Å². The molecule has 0 radical (unpaired) electrons. The predicted molar refractivity (Wildman–Crippen MR) is 61.0 cm³/mol. The molecule has 1 heterocycles. The van der Waals surface area contributed by atoms with Gasteiger partial charge in [-0.15, -0.1) is 5.10 Å². The van der Waals surface area contributed by atoms with Gasteiger partial charge in [-0.25, -0.2) is 4.68 Å². The number of aromatic nitrogens is 3. The van der Waals surface area contributed by atoms with E-state index in [0.29, 0.717) is 19.1 Å². The maximum atomic E-state index is 5.69. The molecule has 0 unspecified atom stereocenters. The van der Waals surface area contributed by atoms with Gasteiger partial charge in [-0.05, 0) is 19.8 Å². The van der Waals surface area contributed by atoms with Crippen molar-refractivity contribution in [3.8, 4) is 0 Å². The van der Waals surface area contributed by atoms with Gasteiger partial charge in [0.2, 0.25) is 0 Å². The Morgan fingerprint density at radius 1 is 1.50 bits per heavy atom. The third-order valence-corrected chi connectivity index (χ3v) is 3.18. The van der Waals surface area contributed by atoms with Crippen molar-refractivity contribution in [2.75, 3.05) is 13.2 Å². The van der Waals surface area contributed by atoms with Crippen LogP contribution in [0, 0.1) is 0 Å². The second kappa shape index (κ2) is 5.41. The fourth-order valence-electron chi connectivity index (χ4n) is 2.09. The van der Waals surface area contributed by atoms with E-state index in [-0.39, 0.29) is 0 Å². The maximum Gasteiger partial charge on any atom is 0.0997 e. The van der Waals surface area contributed by atoms with Gasteiger partial charge in [-0.3, -0.25) is 0 Å². The molecule has 1 fully saturated rings. The Balaban J connectivity index is 2.07. The average Bonchev–Trinajstić information content (AvgIpc) is 2.60. The minimum absolute atomic E-state index is 0.487. The fraction of sp³-hybridized carbons (Fsp3) is 0.818. The standard InChI is InChI=1S/C11H20N4O/c1-2-16-7-6-15-11(9-4-3-5-9)10(8-12)13-14-15/h9H,2-8,12H2,1H3. The van der Waals surface area contributed by atoms with Crippen molar-refractivity contribution in [1.29, 1.82) is 0 Å². The van der Waals surface area contributed by atoms with Crippen molar-refractivity contribution in [1.82, 2.24) is 15.0 Å². The molecule has 0 aromatic carbocycles. The van der Waals surface area contributed by atoms with E-state index in [1.807, 2.05) is 11.6 Å². The summed E-state index contributed by atoms with van der Waals surface area (Å²) >= 11 is 0. The van der Waals surface area contributed by atoms with Crippen LogP contribution in [0.25, 0.3) is 0 Å². The van der Waals surface area contributed by atoms with E-state index < -0.39 is 0 Å². The van der Waals surface area contributed by atoms with Gasteiger partial charge in [-0.2, -0.15) is 0 Å². The quantitative estimate of drug-likeness (QED) is 0.733. The van der Waals surface area contributed by atoms with Crippen LogP contribution in [-0.2, 0) is 17.8 Å². The lowest BCUT2D eigenvalue weighted by Gasteiger charge is -2.26. The first kappa shape index (κ1) is 11.5. The molecular formula is C11H20N4O. The normalized spacial score (nSPS) is 16.4. The van der Waals surface area contributed by atoms with E-state index >= 15 is 0 Å². The van der Waals surface area contributed by atoms with Crippen LogP contribution in [0.3, 0.4) is 0 Å². The van der Waals surface area contributed by atoms with Crippen LogP contribution in [0.1, 0.15) is 43.5 Å². The highest BCUT2D eigenvalue weighted by Gasteiger charge is 2.26. The van der Waals surface area contributed by atoms with Crippen molar-refractivity contribution < 1.29 is 4.74 Å². The van der Waals surface area contributed by atoms with Gasteiger partial charge in [-0.1, -0.05) is 11.6 Å². The zero-order valence-electron chi connectivity index (χ0n) is 9.85. The van der Waals surface area contributed by atoms with E-state index in [1.165, 1.54) is 25.0 Å². The lowest BCUT2D eigenvalue weighted by Crippen LogP contribution is -2.19. The second-order valence-electron chi connectivity index (χ2n) is 4.17. The predicted octanol–water partition coefficient (Wildman–Crippen LogP) is 1.04. The maximum absolute atomic E-state index is 5.69. The number of hydrogen-bond acceptors (Lipinski definition) is 4. The lowest BCUT2D eigenvalue weighted by molar-refractivity contribution is 0.134. The molecule has 1 aromatic rings. The van der Waals surface area contributed by atoms with E-state index in [1.54, 1.807) is 0 Å². The SMILES string of the molecule is CCOCCn1nnc(CN)c1C1CCC1. The van der Waals surface area contributed by atoms with Gasteiger partial charge in [0.05, 0.1) is 24.5 Å². The Kier molecular flexibility index (Phi) is 3.90. The molecule has 90 valence electrons. The molecule has 1 saturated carbocycles. The topological polar surface area (TPSA) is 66.0 Å². The van der Waals surface area contributed by atoms with Gasteiger partial charge < -0.3 is 10.5 Å². The zero-order valence-corrected chi connectivity index (χ0v) is 9.85. The van der Waals surface area contributed by atoms with Crippen molar-refractivity contribution in [3.05, 3.63) is 11.4 Å². The van der Waals surface area contributed by atoms with Crippen molar-refractivity contribution in [2.24, 2.45) is 5.73 Å². The molecule has 0 bridgehead atoms. The second-order valence-corrected chi connectivity index (χ2v) is 4.17. The summed E-state index contributed by atoms with van der Waals surface area (Å²) in [7, 11) is 0. The van der Waals surface area contributed by atoms with Crippen LogP contribution in [-0.4, -0.2) is 28.2 Å². The van der Waals surface area contributed by atoms with Gasteiger partial charge in [0, 0.05) is 19.1 Å². The molecule has 0 saturated heterocycles. The first-order valence-corrected chi connectivity index (χ1v) is 6.06. The van der Waals surface area contributed by atoms with Gasteiger partial charge in [0.25, 0.3) is 0 Å². The minimum atomic E-state index is 0.487. The Labute approximate surface area is 96.0 Å². The number of ether oxygens (including phenoxy) is 1. The number of rotatable bonds is 6. The molecule has 5 nitrogen and oxygen atoms in total. The molecule has 1 aromatic heterocycles. The van der Waals surface area contributed by atoms with E-state index in [9.17, 15) is 0 Å². The fourth-order valence-corrected chi connectivity index (χ4v) is 2.09. The summed E-state index contributed by atoms with van der Waals surface area (Å²) in [6, 6.07) is 0. The highest BCUT2D eigenvalue weighted by Crippen LogP contribution is 2.37. The third kappa shape index (κ3) is 2.25. The van der Waals surface area contributed by atoms with Crippen LogP contribution in [0.2, 0.25) is 0 Å². The first-order chi connectivity index (χ1) is 7.86. The molecule has 1 aliphatic rings. The summed E-state index contributed by atoms with van der Waals surface area (Å²) in [6.07, 6.45) is 3.80. The van der Waals surface area contributed by atoms with Crippen molar-refractivity contribution in [2.45, 2.75) is 45.2 Å². The molecule has 0 aliphatic heterocycles. The third-order valence-electron chi connectivity index (χ3n) is 3.18. The van der Waals surface area contributed by atoms with Crippen LogP contribution in [0.5, 0.6) is 0 Å². The first-order valence-electron chi connectivity index (χ1n) is 6.06. The molecule has 0 amide bonds. The van der Waals surface area contributed by atoms with Crippen LogP contribution >= 0.6 is 0 Å². The molecule has 16 heavy (non-hydrogen) atoms. The minimum Gasteiger partial charge on any atom is -0.380 e. The number of nitrogens with zero attached hydrogens (tertiary/aromatic N) is 3. The smallest absolute Gasteiger partial charge is 0.0997 e. The summed E-state index contributed by atoms with van der Waals surface area (Å²) < 4.78 is 7.32. The van der Waals surface area contributed by atoms with E-state index in [0.717, 1.165) is 18.8 Å². The van der Waals surface area contributed by atoms with Crippen LogP contribution in [0.15, 0.2) is 0 Å². The largest absolute Gasteiger partial charge is 0.380 e. The molecule has 1 aliphatic carbocycles. The summed E-state index contributed by atoms with van der Waals surface area (Å²) in [5.41, 5.74) is 7.89. The molecule has 0 spiro atoms. The highest BCUT2D eigenvalue weighted by atomic mass is 16.5. The summed E-state index contributed by atoms with van der Waals surface area (Å²) in [4.78, 5) is 0. The monoisotopic (exact) mass is 224 g/mol. The van der Waals surface area contributed by atoms with Gasteiger partial charge in [0.15, 0.2) is 0 Å². The highest BCUT2D eigenvalue weighted by molar-refractivity contribution is 5.17. The van der Waals surface area contributed by atoms with E-state index in [2.05, 4.69) is 10.3 Å². The molecule has 2 N–H and O–H groups in total. The number of nitrogens with two attached hydrogens (primary N) is 1. The van der Waals surface area contributed by atoms with Crippen molar-refractivity contribution >= 4 is 0 Å². The van der Waals surface area contributed by atoms with Crippen molar-refractivity contribution in [3.63, 3.8) is 0 Å². The van der Waals surface area contributed by atoms with E-state index in [4.69, 9.17) is 10.5 Å². The average molecular weight is 224 g/mol. The molecular weight excluding hydrogens is 204 g/mol. The molecule has 0 atom stereocenters. The Morgan fingerprint density at radius 2 is 2.31 bits per heavy atom. The summed E-state index contributed by atoms with van der Waals surface area (Å²) in [5.74, 6) is 0.621. The Morgan fingerprint density at radius 3 is 2.88 bits per heavy atom. The molecule has 2 rings (SSSR count). The summed E-state index contributed by atoms with van der Waals surface area (Å²) in [6.45, 7) is 4.72. The number of hydrogen-bond donors (Lipinski definition) is 1. The Hall–Kier alpha value is -0.940.